The van der Waals surface area contributed by atoms with Crippen molar-refractivity contribution >= 4 is 103 Å². The number of hydrogen-bond donors (Lipinski definition) is 0. The maximum absolute atomic E-state index is 6.69. The maximum Gasteiger partial charge on any atom is 0.143 e. The Labute approximate surface area is 368 Å². The highest BCUT2D eigenvalue weighted by Crippen LogP contribution is 2.46. The minimum absolute atomic E-state index is 0.882. The van der Waals surface area contributed by atoms with E-state index < -0.39 is 0 Å². The molecule has 0 fully saturated rings. The highest BCUT2D eigenvalue weighted by atomic mass is 32.1. The first kappa shape index (κ1) is 35.7. The predicted molar refractivity (Wildman–Crippen MR) is 270 cm³/mol. The Morgan fingerprint density at radius 2 is 0.873 bits per heavy atom. The van der Waals surface area contributed by atoms with Crippen LogP contribution in [0.2, 0.25) is 0 Å². The van der Waals surface area contributed by atoms with Crippen LogP contribution in [0.4, 0.5) is 17.1 Å². The van der Waals surface area contributed by atoms with Gasteiger partial charge in [0.25, 0.3) is 0 Å². The molecule has 0 unspecified atom stereocenters. The Kier molecular flexibility index (Phi) is 8.12. The Balaban J connectivity index is 0.951. The summed E-state index contributed by atoms with van der Waals surface area (Å²) in [6, 6.07) is 81.8. The van der Waals surface area contributed by atoms with E-state index in [0.29, 0.717) is 0 Å². The maximum atomic E-state index is 6.69. The van der Waals surface area contributed by atoms with Crippen molar-refractivity contribution < 1.29 is 4.42 Å². The van der Waals surface area contributed by atoms with Crippen molar-refractivity contribution in [1.29, 1.82) is 0 Å². The summed E-state index contributed by atoms with van der Waals surface area (Å²) < 4.78 is 9.32. The third kappa shape index (κ3) is 5.85. The molecule has 0 saturated carbocycles. The monoisotopic (exact) mass is 819 g/mol. The molecule has 0 atom stereocenters. The highest BCUT2D eigenvalue weighted by molar-refractivity contribution is 7.25. The number of benzene rings is 11. The number of para-hydroxylation sites is 1. The predicted octanol–water partition coefficient (Wildman–Crippen LogP) is 17.9. The average Bonchev–Trinajstić information content (AvgIpc) is 3.93. The number of fused-ring (bicyclic) bond motifs is 11. The number of rotatable bonds is 6. The first-order valence-corrected chi connectivity index (χ1v) is 22.3. The molecule has 0 spiro atoms. The largest absolute Gasteiger partial charge is 0.455 e. The molecule has 0 radical (unpaired) electrons. The summed E-state index contributed by atoms with van der Waals surface area (Å²) in [5, 5.41) is 12.2. The first-order valence-electron chi connectivity index (χ1n) is 21.5. The second kappa shape index (κ2) is 14.3. The highest BCUT2D eigenvalue weighted by Gasteiger charge is 2.21. The third-order valence-electron chi connectivity index (χ3n) is 12.9. The van der Waals surface area contributed by atoms with Gasteiger partial charge in [-0.2, -0.15) is 0 Å². The van der Waals surface area contributed by atoms with Gasteiger partial charge in [0.05, 0.1) is 5.69 Å². The van der Waals surface area contributed by atoms with Crippen LogP contribution in [-0.2, 0) is 0 Å². The summed E-state index contributed by atoms with van der Waals surface area (Å²) in [6.07, 6.45) is 0. The lowest BCUT2D eigenvalue weighted by molar-refractivity contribution is 0.673. The number of furan rings is 1. The second-order valence-electron chi connectivity index (χ2n) is 16.4. The van der Waals surface area contributed by atoms with Crippen molar-refractivity contribution in [3.8, 4) is 33.4 Å². The summed E-state index contributed by atoms with van der Waals surface area (Å²) >= 11 is 1.86. The van der Waals surface area contributed by atoms with Crippen molar-refractivity contribution in [2.24, 2.45) is 0 Å². The van der Waals surface area contributed by atoms with Crippen LogP contribution in [0, 0.1) is 0 Å². The summed E-state index contributed by atoms with van der Waals surface area (Å²) in [5.74, 6) is 0. The molecule has 0 aliphatic rings. The molecule has 0 amide bonds. The molecule has 63 heavy (non-hydrogen) atoms. The number of thiophene rings is 1. The summed E-state index contributed by atoms with van der Waals surface area (Å²) in [6.45, 7) is 0. The van der Waals surface area contributed by atoms with Gasteiger partial charge in [0.15, 0.2) is 0 Å². The van der Waals surface area contributed by atoms with E-state index in [1.165, 1.54) is 69.4 Å². The molecule has 294 valence electrons. The first-order chi connectivity index (χ1) is 31.2. The number of nitrogens with zero attached hydrogens (tertiary/aromatic N) is 1. The zero-order valence-electron chi connectivity index (χ0n) is 34.1. The van der Waals surface area contributed by atoms with Gasteiger partial charge < -0.3 is 9.32 Å². The van der Waals surface area contributed by atoms with E-state index in [1.54, 1.807) is 0 Å². The van der Waals surface area contributed by atoms with Crippen molar-refractivity contribution in [1.82, 2.24) is 0 Å². The van der Waals surface area contributed by atoms with Crippen molar-refractivity contribution in [2.45, 2.75) is 0 Å². The third-order valence-corrected chi connectivity index (χ3v) is 14.0. The topological polar surface area (TPSA) is 16.4 Å². The molecule has 0 saturated heterocycles. The van der Waals surface area contributed by atoms with Gasteiger partial charge in [-0.25, -0.2) is 0 Å². The van der Waals surface area contributed by atoms with Gasteiger partial charge in [-0.15, -0.1) is 11.3 Å². The standard InChI is InChI=1S/C60H37NOS/c1-3-12-47-40(10-1)20-21-44-36-42(27-33-48(44)47)38-22-29-45(30-23-38)61(46-31-24-39(25-32-46)43-28-34-52-51-15-6-8-19-57(51)63-58(52)37-43)55-17-7-5-14-50(55)53-16-9-18-56-59(53)54-35-26-41-11-2-4-13-49(41)60(54)62-56/h1-37H. The lowest BCUT2D eigenvalue weighted by Gasteiger charge is -2.28. The Bertz CT molecular complexity index is 3910. The average molecular weight is 820 g/mol. The van der Waals surface area contributed by atoms with E-state index in [2.05, 4.69) is 229 Å². The van der Waals surface area contributed by atoms with Crippen molar-refractivity contribution in [2.75, 3.05) is 4.90 Å². The molecule has 0 aliphatic carbocycles. The summed E-state index contributed by atoms with van der Waals surface area (Å²) in [7, 11) is 0. The SMILES string of the molecule is c1ccc(N(c2ccc(-c3ccc4c(ccc5ccccc54)c3)cc2)c2ccc(-c3ccc4c(c3)sc3ccccc34)cc2)c(-c2cccc3oc4c5ccccc5ccc4c23)c1. The van der Waals surface area contributed by atoms with E-state index in [1.807, 2.05) is 11.3 Å². The van der Waals surface area contributed by atoms with E-state index in [-0.39, 0.29) is 0 Å². The normalized spacial score (nSPS) is 11.8. The molecule has 2 heterocycles. The molecular weight excluding hydrogens is 783 g/mol. The van der Waals surface area contributed by atoms with Gasteiger partial charge in [-0.1, -0.05) is 164 Å². The summed E-state index contributed by atoms with van der Waals surface area (Å²) in [5.41, 5.74) is 12.1. The van der Waals surface area contributed by atoms with Gasteiger partial charge in [-0.3, -0.25) is 0 Å². The molecule has 0 bridgehead atoms. The number of hydrogen-bond acceptors (Lipinski definition) is 3. The fraction of sp³-hybridized carbons (Fsp3) is 0. The van der Waals surface area contributed by atoms with Crippen LogP contribution >= 0.6 is 11.3 Å². The Morgan fingerprint density at radius 1 is 0.333 bits per heavy atom. The zero-order valence-corrected chi connectivity index (χ0v) is 34.9. The van der Waals surface area contributed by atoms with Crippen LogP contribution in [0.25, 0.3) is 108 Å². The van der Waals surface area contributed by atoms with Crippen molar-refractivity contribution in [3.63, 3.8) is 0 Å². The lowest BCUT2D eigenvalue weighted by Crippen LogP contribution is -2.11. The van der Waals surface area contributed by atoms with Crippen LogP contribution in [0.1, 0.15) is 0 Å². The van der Waals surface area contributed by atoms with Gasteiger partial charge in [0.2, 0.25) is 0 Å². The van der Waals surface area contributed by atoms with Gasteiger partial charge >= 0.3 is 0 Å². The molecule has 0 aliphatic heterocycles. The fourth-order valence-electron chi connectivity index (χ4n) is 9.81. The van der Waals surface area contributed by atoms with E-state index >= 15 is 0 Å². The van der Waals surface area contributed by atoms with Crippen LogP contribution in [0.5, 0.6) is 0 Å². The number of anilines is 3. The fourth-order valence-corrected chi connectivity index (χ4v) is 11.0. The molecule has 2 aromatic heterocycles. The molecule has 2 nitrogen and oxygen atoms in total. The minimum Gasteiger partial charge on any atom is -0.455 e. The quantitative estimate of drug-likeness (QED) is 0.155. The Morgan fingerprint density at radius 3 is 1.67 bits per heavy atom. The molecule has 13 aromatic rings. The molecular formula is C60H37NOS. The van der Waals surface area contributed by atoms with E-state index in [4.69, 9.17) is 4.42 Å². The van der Waals surface area contributed by atoms with Crippen LogP contribution in [0.3, 0.4) is 0 Å². The zero-order chi connectivity index (χ0) is 41.4. The molecule has 11 aromatic carbocycles. The minimum atomic E-state index is 0.882. The van der Waals surface area contributed by atoms with Crippen molar-refractivity contribution in [3.05, 3.63) is 224 Å². The van der Waals surface area contributed by atoms with E-state index in [0.717, 1.165) is 55.5 Å². The molecule has 3 heteroatoms. The Hall–Kier alpha value is -7.98. The van der Waals surface area contributed by atoms with Crippen LogP contribution in [0.15, 0.2) is 229 Å². The van der Waals surface area contributed by atoms with E-state index in [9.17, 15) is 0 Å². The van der Waals surface area contributed by atoms with Crippen LogP contribution in [-0.4, -0.2) is 0 Å². The van der Waals surface area contributed by atoms with Gasteiger partial charge in [0, 0.05) is 53.3 Å². The van der Waals surface area contributed by atoms with Gasteiger partial charge in [0.1, 0.15) is 11.2 Å². The smallest absolute Gasteiger partial charge is 0.143 e. The van der Waals surface area contributed by atoms with Crippen LogP contribution < -0.4 is 4.90 Å². The lowest BCUT2D eigenvalue weighted by atomic mass is 9.95. The van der Waals surface area contributed by atoms with Gasteiger partial charge in [-0.05, 0) is 115 Å². The molecule has 13 rings (SSSR count). The second-order valence-corrected chi connectivity index (χ2v) is 17.5. The molecule has 0 N–H and O–H groups in total. The summed E-state index contributed by atoms with van der Waals surface area (Å²) in [4.78, 5) is 2.40.